The van der Waals surface area contributed by atoms with Crippen molar-refractivity contribution < 1.29 is 14.3 Å². The number of aliphatic hydroxyl groups is 1. The molecule has 3 rings (SSSR count). The van der Waals surface area contributed by atoms with Crippen LogP contribution < -0.4 is 0 Å². The van der Waals surface area contributed by atoms with Crippen molar-refractivity contribution in [2.75, 3.05) is 13.1 Å². The van der Waals surface area contributed by atoms with Gasteiger partial charge in [0.05, 0.1) is 6.10 Å². The van der Waals surface area contributed by atoms with Crippen LogP contribution in [0.2, 0.25) is 0 Å². The van der Waals surface area contributed by atoms with Crippen molar-refractivity contribution in [2.45, 2.75) is 31.8 Å². The van der Waals surface area contributed by atoms with Crippen LogP contribution in [0.25, 0.3) is 0 Å². The molecule has 0 radical (unpaired) electrons. The van der Waals surface area contributed by atoms with Gasteiger partial charge in [-0.05, 0) is 42.4 Å². The largest absolute Gasteiger partial charge is 0.391 e. The third-order valence-electron chi connectivity index (χ3n) is 4.64. The Labute approximate surface area is 118 Å². The predicted molar refractivity (Wildman–Crippen MR) is 73.6 cm³/mol. The monoisotopic (exact) mass is 277 g/mol. The van der Waals surface area contributed by atoms with Crippen LogP contribution in [0.4, 0.5) is 4.39 Å². The quantitative estimate of drug-likeness (QED) is 0.900. The molecule has 1 saturated carbocycles. The molecule has 4 atom stereocenters. The second-order valence-corrected chi connectivity index (χ2v) is 6.12. The Hall–Kier alpha value is -1.42. The van der Waals surface area contributed by atoms with Gasteiger partial charge in [0.15, 0.2) is 0 Å². The van der Waals surface area contributed by atoms with Crippen LogP contribution in [-0.2, 0) is 4.79 Å². The number of amides is 1. The molecule has 0 aromatic heterocycles. The SMILES string of the molecule is CC1CCN(C(=O)C2CC2c2ccc(F)cc2)CC1O. The Balaban J connectivity index is 1.61. The highest BCUT2D eigenvalue weighted by Crippen LogP contribution is 2.48. The fourth-order valence-corrected chi connectivity index (χ4v) is 3.03. The summed E-state index contributed by atoms with van der Waals surface area (Å²) in [6, 6.07) is 6.42. The molecule has 4 unspecified atom stereocenters. The molecule has 108 valence electrons. The van der Waals surface area contributed by atoms with Crippen LogP contribution in [0, 0.1) is 17.7 Å². The Kier molecular flexibility index (Phi) is 3.50. The summed E-state index contributed by atoms with van der Waals surface area (Å²) in [4.78, 5) is 14.2. The predicted octanol–water partition coefficient (Wildman–Crippen LogP) is 2.16. The van der Waals surface area contributed by atoms with E-state index in [0.717, 1.165) is 24.9 Å². The number of nitrogens with zero attached hydrogens (tertiary/aromatic N) is 1. The van der Waals surface area contributed by atoms with E-state index < -0.39 is 6.10 Å². The Morgan fingerprint density at radius 1 is 1.35 bits per heavy atom. The van der Waals surface area contributed by atoms with Crippen LogP contribution in [0.1, 0.15) is 31.2 Å². The van der Waals surface area contributed by atoms with Crippen molar-refractivity contribution in [2.24, 2.45) is 11.8 Å². The normalized spacial score (nSPS) is 33.0. The van der Waals surface area contributed by atoms with E-state index in [-0.39, 0.29) is 29.5 Å². The van der Waals surface area contributed by atoms with Crippen molar-refractivity contribution >= 4 is 5.91 Å². The number of piperidine rings is 1. The molecule has 0 spiro atoms. The lowest BCUT2D eigenvalue weighted by molar-refractivity contribution is -0.136. The first-order valence-corrected chi connectivity index (χ1v) is 7.28. The first-order chi connectivity index (χ1) is 9.56. The Morgan fingerprint density at radius 3 is 2.70 bits per heavy atom. The maximum absolute atomic E-state index is 12.9. The van der Waals surface area contributed by atoms with Gasteiger partial charge in [0.25, 0.3) is 0 Å². The van der Waals surface area contributed by atoms with Gasteiger partial charge in [-0.15, -0.1) is 0 Å². The molecule has 2 fully saturated rings. The molecule has 1 amide bonds. The number of likely N-dealkylation sites (tertiary alicyclic amines) is 1. The van der Waals surface area contributed by atoms with Crippen LogP contribution in [-0.4, -0.2) is 35.1 Å². The van der Waals surface area contributed by atoms with Crippen LogP contribution >= 0.6 is 0 Å². The molecule has 4 heteroatoms. The van der Waals surface area contributed by atoms with Crippen LogP contribution in [0.3, 0.4) is 0 Å². The summed E-state index contributed by atoms with van der Waals surface area (Å²) in [7, 11) is 0. The lowest BCUT2D eigenvalue weighted by Gasteiger charge is -2.34. The maximum Gasteiger partial charge on any atom is 0.226 e. The molecule has 1 aliphatic carbocycles. The Bertz CT molecular complexity index is 502. The summed E-state index contributed by atoms with van der Waals surface area (Å²) in [6.07, 6.45) is 1.30. The molecule has 20 heavy (non-hydrogen) atoms. The number of halogens is 1. The van der Waals surface area contributed by atoms with Gasteiger partial charge in [-0.1, -0.05) is 19.1 Å². The molecule has 3 nitrogen and oxygen atoms in total. The molecular weight excluding hydrogens is 257 g/mol. The number of carbonyl (C=O) groups excluding carboxylic acids is 1. The molecule has 1 aromatic rings. The van der Waals surface area contributed by atoms with Gasteiger partial charge < -0.3 is 10.0 Å². The number of aliphatic hydroxyl groups excluding tert-OH is 1. The fraction of sp³-hybridized carbons (Fsp3) is 0.562. The van der Waals surface area contributed by atoms with Gasteiger partial charge in [0.1, 0.15) is 5.82 Å². The summed E-state index contributed by atoms with van der Waals surface area (Å²) < 4.78 is 12.9. The van der Waals surface area contributed by atoms with E-state index >= 15 is 0 Å². The van der Waals surface area contributed by atoms with Crippen molar-refractivity contribution in [1.29, 1.82) is 0 Å². The fourth-order valence-electron chi connectivity index (χ4n) is 3.03. The third-order valence-corrected chi connectivity index (χ3v) is 4.64. The average Bonchev–Trinajstić information content (AvgIpc) is 3.22. The summed E-state index contributed by atoms with van der Waals surface area (Å²) in [5.74, 6) is 0.405. The van der Waals surface area contributed by atoms with E-state index in [0.29, 0.717) is 6.54 Å². The highest BCUT2D eigenvalue weighted by Gasteiger charge is 2.46. The van der Waals surface area contributed by atoms with E-state index in [1.807, 2.05) is 6.92 Å². The van der Waals surface area contributed by atoms with Crippen molar-refractivity contribution in [3.63, 3.8) is 0 Å². The first kappa shape index (κ1) is 13.6. The molecule has 1 aliphatic heterocycles. The molecule has 1 aromatic carbocycles. The van der Waals surface area contributed by atoms with Crippen molar-refractivity contribution in [3.05, 3.63) is 35.6 Å². The number of hydrogen-bond donors (Lipinski definition) is 1. The zero-order chi connectivity index (χ0) is 14.3. The summed E-state index contributed by atoms with van der Waals surface area (Å²) in [5, 5.41) is 9.88. The van der Waals surface area contributed by atoms with E-state index in [9.17, 15) is 14.3 Å². The minimum absolute atomic E-state index is 0.0149. The van der Waals surface area contributed by atoms with Gasteiger partial charge in [0.2, 0.25) is 5.91 Å². The summed E-state index contributed by atoms with van der Waals surface area (Å²) in [5.41, 5.74) is 1.04. The Morgan fingerprint density at radius 2 is 2.05 bits per heavy atom. The topological polar surface area (TPSA) is 40.5 Å². The lowest BCUT2D eigenvalue weighted by Crippen LogP contribution is -2.46. The van der Waals surface area contributed by atoms with E-state index in [1.54, 1.807) is 17.0 Å². The smallest absolute Gasteiger partial charge is 0.226 e. The second-order valence-electron chi connectivity index (χ2n) is 6.12. The molecule has 1 heterocycles. The van der Waals surface area contributed by atoms with Crippen molar-refractivity contribution in [3.8, 4) is 0 Å². The number of rotatable bonds is 2. The van der Waals surface area contributed by atoms with Gasteiger partial charge >= 0.3 is 0 Å². The number of carbonyl (C=O) groups is 1. The zero-order valence-electron chi connectivity index (χ0n) is 11.6. The number of hydrogen-bond acceptors (Lipinski definition) is 2. The summed E-state index contributed by atoms with van der Waals surface area (Å²) in [6.45, 7) is 3.21. The molecule has 1 N–H and O–H groups in total. The number of β-amino-alcohol motifs (C(OH)–C–C–N with tert-alkyl or cyclic N) is 1. The van der Waals surface area contributed by atoms with E-state index in [1.165, 1.54) is 12.1 Å². The average molecular weight is 277 g/mol. The third kappa shape index (κ3) is 2.57. The molecule has 2 aliphatic rings. The maximum atomic E-state index is 12.9. The number of benzene rings is 1. The molecule has 1 saturated heterocycles. The minimum Gasteiger partial charge on any atom is -0.391 e. The zero-order valence-corrected chi connectivity index (χ0v) is 11.6. The molecule has 0 bridgehead atoms. The molecular formula is C16H20FNO2. The van der Waals surface area contributed by atoms with Crippen LogP contribution in [0.15, 0.2) is 24.3 Å². The van der Waals surface area contributed by atoms with Gasteiger partial charge in [-0.3, -0.25) is 4.79 Å². The summed E-state index contributed by atoms with van der Waals surface area (Å²) >= 11 is 0. The van der Waals surface area contributed by atoms with E-state index in [2.05, 4.69) is 0 Å². The van der Waals surface area contributed by atoms with Gasteiger partial charge in [-0.25, -0.2) is 4.39 Å². The second kappa shape index (κ2) is 5.17. The highest BCUT2D eigenvalue weighted by molar-refractivity contribution is 5.83. The van der Waals surface area contributed by atoms with Crippen molar-refractivity contribution in [1.82, 2.24) is 4.90 Å². The van der Waals surface area contributed by atoms with Gasteiger partial charge in [0, 0.05) is 19.0 Å². The lowest BCUT2D eigenvalue weighted by atomic mass is 9.95. The van der Waals surface area contributed by atoms with Gasteiger partial charge in [-0.2, -0.15) is 0 Å². The minimum atomic E-state index is -0.407. The van der Waals surface area contributed by atoms with E-state index in [4.69, 9.17) is 0 Å². The van der Waals surface area contributed by atoms with Crippen LogP contribution in [0.5, 0.6) is 0 Å². The first-order valence-electron chi connectivity index (χ1n) is 7.28. The standard InChI is InChI=1S/C16H20FNO2/c1-10-6-7-18(9-15(10)19)16(20)14-8-13(14)11-2-4-12(17)5-3-11/h2-5,10,13-15,19H,6-9H2,1H3. The highest BCUT2D eigenvalue weighted by atomic mass is 19.1.